The van der Waals surface area contributed by atoms with Crippen molar-refractivity contribution in [3.63, 3.8) is 0 Å². The fourth-order valence-corrected chi connectivity index (χ4v) is 21.8. The summed E-state index contributed by atoms with van der Waals surface area (Å²) >= 11 is 0. The van der Waals surface area contributed by atoms with Gasteiger partial charge in [0.1, 0.15) is 8.80 Å². The van der Waals surface area contributed by atoms with E-state index in [1.54, 1.807) is 0 Å². The van der Waals surface area contributed by atoms with E-state index in [1.807, 2.05) is 0 Å². The van der Waals surface area contributed by atoms with Gasteiger partial charge in [-0.3, -0.25) is 0 Å². The number of nitrogens with zero attached hydrogens (tertiary/aromatic N) is 6. The third-order valence-corrected chi connectivity index (χ3v) is 24.5. The van der Waals surface area contributed by atoms with E-state index in [4.69, 9.17) is 5.73 Å². The first-order valence-electron chi connectivity index (χ1n) is 30.1. The highest BCUT2D eigenvalue weighted by molar-refractivity contribution is 7.03. The zero-order valence-electron chi connectivity index (χ0n) is 47.3. The Morgan fingerprint density at radius 2 is 0.609 bits per heavy atom. The Morgan fingerprint density at radius 3 is 1.15 bits per heavy atom. The van der Waals surface area contributed by atoms with Gasteiger partial charge in [-0.2, -0.15) is 0 Å². The Labute approximate surface area is 507 Å². The molecule has 5 heterocycles. The molecular weight excluding hydrogens is 1090 g/mol. The highest BCUT2D eigenvalue weighted by Gasteiger charge is 2.50. The Bertz CT molecular complexity index is 5190. The maximum absolute atomic E-state index is 8.08. The lowest BCUT2D eigenvalue weighted by Gasteiger charge is -2.51. The lowest BCUT2D eigenvalue weighted by atomic mass is 9.95. The second-order valence-electron chi connectivity index (χ2n) is 23.4. The normalized spacial score (nSPS) is 14.9. The first-order valence-corrected chi connectivity index (χ1v) is 33.2. The molecule has 2 N–H and O–H groups in total. The second kappa shape index (κ2) is 18.4. The first-order chi connectivity index (χ1) is 43.2. The Kier molecular flexibility index (Phi) is 10.2. The fraction of sp³-hybridized carbons (Fsp3) is 0. The Hall–Kier alpha value is -11.1. The number of anilines is 19. The van der Waals surface area contributed by atoms with Gasteiger partial charge in [-0.15, -0.1) is 0 Å². The summed E-state index contributed by atoms with van der Waals surface area (Å²) in [4.78, 5) is 15.6. The van der Waals surface area contributed by atoms with Gasteiger partial charge < -0.3 is 35.1 Å². The third-order valence-electron chi connectivity index (χ3n) is 18.9. The van der Waals surface area contributed by atoms with Crippen molar-refractivity contribution in [2.24, 2.45) is 0 Å². The van der Waals surface area contributed by atoms with Gasteiger partial charge in [0.25, 0.3) is 0 Å². The number of fused-ring (bicyclic) bond motifs is 9. The summed E-state index contributed by atoms with van der Waals surface area (Å²) < 4.78 is 0. The highest BCUT2D eigenvalue weighted by Crippen LogP contribution is 2.58. The zero-order valence-corrected chi connectivity index (χ0v) is 49.8. The standard InChI is InChI=1S/C78H53N7Si2/c79-69-64-45-49-25-19-21-39-58(49)70(69)84(56-35-15-5-16-36-56)65-47-51-48-67-78-73(68(51)72-75(65)86-74-60(80(64)52-27-7-1-8-28-52)41-23-42-61(74)82(72)54-31-11-3-12-32-54)83(55-33-13-4-14-34-55)63-44-24-43-62-76(63)87(78)77-66(81(62)53-29-9-2-10-30-53)46-50-26-20-22-40-59(50)71(77)85(67)57-37-17-6-18-38-57/h1-48,87H,79,86H2. The topological polar surface area (TPSA) is 45.5 Å². The molecule has 19 rings (SSSR count). The van der Waals surface area contributed by atoms with Gasteiger partial charge >= 0.3 is 0 Å². The fourth-order valence-electron chi connectivity index (χ4n) is 15.5. The number of nitrogen functional groups attached to an aromatic ring is 1. The smallest absolute Gasteiger partial charge is 0.149 e. The van der Waals surface area contributed by atoms with Crippen molar-refractivity contribution in [1.82, 2.24) is 0 Å². The molecule has 5 aliphatic rings. The van der Waals surface area contributed by atoms with Gasteiger partial charge in [-0.25, -0.2) is 0 Å². The largest absolute Gasteiger partial charge is 0.395 e. The maximum Gasteiger partial charge on any atom is 0.149 e. The summed E-state index contributed by atoms with van der Waals surface area (Å²) in [5.74, 6) is 0. The van der Waals surface area contributed by atoms with E-state index in [-0.39, 0.29) is 0 Å². The van der Waals surface area contributed by atoms with Gasteiger partial charge in [0.15, 0.2) is 0 Å². The van der Waals surface area contributed by atoms with Crippen molar-refractivity contribution < 1.29 is 0 Å². The number of benzene rings is 14. The van der Waals surface area contributed by atoms with Crippen molar-refractivity contribution in [1.29, 1.82) is 0 Å². The van der Waals surface area contributed by atoms with Crippen molar-refractivity contribution in [3.05, 3.63) is 291 Å². The predicted molar refractivity (Wildman–Crippen MR) is 372 cm³/mol. The molecule has 14 aromatic rings. The van der Waals surface area contributed by atoms with E-state index in [2.05, 4.69) is 321 Å². The molecule has 0 aromatic heterocycles. The number of para-hydroxylation sites is 6. The summed E-state index contributed by atoms with van der Waals surface area (Å²) in [5, 5.41) is 14.1. The van der Waals surface area contributed by atoms with Crippen LogP contribution in [0.15, 0.2) is 291 Å². The molecule has 1 atom stereocenters. The first kappa shape index (κ1) is 48.3. The molecule has 1 unspecified atom stereocenters. The van der Waals surface area contributed by atoms with Gasteiger partial charge in [-0.05, 0) is 163 Å². The molecule has 0 saturated heterocycles. The van der Waals surface area contributed by atoms with Crippen LogP contribution in [0.3, 0.4) is 0 Å². The molecule has 5 aliphatic heterocycles. The summed E-state index contributed by atoms with van der Waals surface area (Å²) in [6.45, 7) is 0. The number of nitrogens with two attached hydrogens (primary N) is 1. The molecule has 0 radical (unpaired) electrons. The van der Waals surface area contributed by atoms with Crippen LogP contribution in [0.1, 0.15) is 0 Å². The van der Waals surface area contributed by atoms with Crippen molar-refractivity contribution in [2.45, 2.75) is 0 Å². The molecule has 0 fully saturated rings. The van der Waals surface area contributed by atoms with E-state index >= 15 is 0 Å². The van der Waals surface area contributed by atoms with Crippen molar-refractivity contribution in [2.75, 3.05) is 35.1 Å². The third kappa shape index (κ3) is 6.75. The van der Waals surface area contributed by atoms with E-state index in [9.17, 15) is 0 Å². The average molecular weight is 1140 g/mol. The van der Waals surface area contributed by atoms with Gasteiger partial charge in [-0.1, -0.05) is 170 Å². The van der Waals surface area contributed by atoms with Crippen LogP contribution in [0.25, 0.3) is 32.3 Å². The molecular formula is C78H53N7Si2. The van der Waals surface area contributed by atoms with Crippen LogP contribution in [-0.4, -0.2) is 18.3 Å². The zero-order chi connectivity index (χ0) is 57.0. The summed E-state index contributed by atoms with van der Waals surface area (Å²) in [7, 11) is -3.94. The molecule has 9 heteroatoms. The van der Waals surface area contributed by atoms with E-state index in [1.165, 1.54) is 87.6 Å². The second-order valence-corrected chi connectivity index (χ2v) is 27.7. The minimum atomic E-state index is -2.50. The summed E-state index contributed by atoms with van der Waals surface area (Å²) in [6.07, 6.45) is 0. The van der Waals surface area contributed by atoms with E-state index < -0.39 is 18.3 Å². The van der Waals surface area contributed by atoms with Crippen LogP contribution in [-0.2, 0) is 0 Å². The predicted octanol–water partition coefficient (Wildman–Crippen LogP) is 16.5. The van der Waals surface area contributed by atoms with Crippen LogP contribution in [0.2, 0.25) is 0 Å². The number of hydrogen-bond donors (Lipinski definition) is 1. The van der Waals surface area contributed by atoms with Crippen LogP contribution < -0.4 is 61.1 Å². The SMILES string of the molecule is Nc1c2cc3ccccc3c1N(c1ccccc1)c1cc3cc4c5c(c3c3c1[SiH2]c1c(cccc1N3c1ccccc1)N2c1ccccc1)N(c1ccccc1)c1cccc2c1[SiH]5c1c(cc3ccccc3c1N4c1ccccc1)N2c1ccccc1. The molecule has 0 aliphatic carbocycles. The quantitative estimate of drug-likeness (QED) is 0.131. The minimum absolute atomic E-state index is 0.708. The van der Waals surface area contributed by atoms with Gasteiger partial charge in [0.2, 0.25) is 0 Å². The Morgan fingerprint density at radius 1 is 0.253 bits per heavy atom. The van der Waals surface area contributed by atoms with Crippen molar-refractivity contribution in [3.8, 4) is 0 Å². The molecule has 7 nitrogen and oxygen atoms in total. The van der Waals surface area contributed by atoms with Crippen LogP contribution >= 0.6 is 0 Å². The molecule has 14 aromatic carbocycles. The number of rotatable bonds is 6. The lowest BCUT2D eigenvalue weighted by molar-refractivity contribution is 1.23. The molecule has 0 spiro atoms. The molecule has 408 valence electrons. The van der Waals surface area contributed by atoms with Crippen LogP contribution in [0.5, 0.6) is 0 Å². The molecule has 87 heavy (non-hydrogen) atoms. The Balaban J connectivity index is 1.05. The van der Waals surface area contributed by atoms with Gasteiger partial charge in [0, 0.05) is 90.1 Å². The average Bonchev–Trinajstić information content (AvgIpc) is 0.685. The molecule has 4 bridgehead atoms. The summed E-state index contributed by atoms with van der Waals surface area (Å²) in [6, 6.07) is 109. The number of hydrogen-bond acceptors (Lipinski definition) is 7. The summed E-state index contributed by atoms with van der Waals surface area (Å²) in [5.41, 5.74) is 29.5. The maximum atomic E-state index is 8.08. The highest BCUT2D eigenvalue weighted by atomic mass is 28.3. The van der Waals surface area contributed by atoms with E-state index in [0.717, 1.165) is 73.0 Å². The molecule has 0 saturated carbocycles. The van der Waals surface area contributed by atoms with Gasteiger partial charge in [0.05, 0.1) is 43.6 Å². The minimum Gasteiger partial charge on any atom is -0.395 e. The van der Waals surface area contributed by atoms with Crippen LogP contribution in [0.4, 0.5) is 108 Å². The van der Waals surface area contributed by atoms with Crippen molar-refractivity contribution >= 4 is 185 Å². The monoisotopic (exact) mass is 1140 g/mol. The lowest BCUT2D eigenvalue weighted by Crippen LogP contribution is -2.65. The van der Waals surface area contributed by atoms with Crippen LogP contribution in [0, 0.1) is 0 Å². The molecule has 0 amide bonds. The van der Waals surface area contributed by atoms with E-state index in [0.29, 0.717) is 5.69 Å².